The lowest BCUT2D eigenvalue weighted by molar-refractivity contribution is 0.0583. The third-order valence-corrected chi connectivity index (χ3v) is 5.76. The highest BCUT2D eigenvalue weighted by Gasteiger charge is 2.30. The lowest BCUT2D eigenvalue weighted by atomic mass is 9.96. The maximum Gasteiger partial charge on any atom is 0.339 e. The second-order valence-corrected chi connectivity index (χ2v) is 7.57. The van der Waals surface area contributed by atoms with Gasteiger partial charge in [0.05, 0.1) is 30.2 Å². The maximum atomic E-state index is 12.9. The number of piperidine rings is 1. The van der Waals surface area contributed by atoms with Crippen molar-refractivity contribution >= 4 is 22.0 Å². The zero-order valence-corrected chi connectivity index (χ0v) is 15.2. The number of ether oxygens (including phenoxy) is 2. The number of esters is 2. The van der Waals surface area contributed by atoms with Crippen LogP contribution < -0.4 is 10.0 Å². The molecule has 0 aliphatic carbocycles. The molecule has 2 rings (SSSR count). The third kappa shape index (κ3) is 4.36. The summed E-state index contributed by atoms with van der Waals surface area (Å²) in [4.78, 5) is 23.4. The molecule has 25 heavy (non-hydrogen) atoms. The van der Waals surface area contributed by atoms with Crippen LogP contribution in [0.4, 0.5) is 0 Å². The number of hydrogen-bond acceptors (Lipinski definition) is 7. The number of nitrogens with one attached hydrogen (secondary N) is 2. The molecule has 0 radical (unpaired) electrons. The van der Waals surface area contributed by atoms with E-state index in [0.717, 1.165) is 26.1 Å². The monoisotopic (exact) mass is 370 g/mol. The largest absolute Gasteiger partial charge is 0.465 e. The van der Waals surface area contributed by atoms with Crippen molar-refractivity contribution < 1.29 is 27.5 Å². The number of carbonyl (C=O) groups excluding carboxylic acids is 2. The highest BCUT2D eigenvalue weighted by atomic mass is 32.2. The lowest BCUT2D eigenvalue weighted by Crippen LogP contribution is -2.50. The molecule has 1 aromatic rings. The van der Waals surface area contributed by atoms with Crippen molar-refractivity contribution in [2.24, 2.45) is 5.92 Å². The van der Waals surface area contributed by atoms with Crippen LogP contribution in [0.25, 0.3) is 0 Å². The van der Waals surface area contributed by atoms with Crippen molar-refractivity contribution in [3.8, 4) is 0 Å². The van der Waals surface area contributed by atoms with E-state index in [4.69, 9.17) is 0 Å². The van der Waals surface area contributed by atoms with Gasteiger partial charge in [-0.05, 0) is 37.1 Å². The number of hydrogen-bond donors (Lipinski definition) is 2. The van der Waals surface area contributed by atoms with Crippen LogP contribution in [0.1, 0.15) is 34.1 Å². The molecule has 138 valence electrons. The molecule has 1 saturated heterocycles. The molecule has 9 heteroatoms. The van der Waals surface area contributed by atoms with Crippen molar-refractivity contribution in [2.75, 3.05) is 27.3 Å². The first kappa shape index (κ1) is 19.4. The Bertz CT molecular complexity index is 762. The predicted octanol–water partition coefficient (Wildman–Crippen LogP) is 0.536. The average Bonchev–Trinajstić information content (AvgIpc) is 2.61. The van der Waals surface area contributed by atoms with Crippen LogP contribution in [0.2, 0.25) is 0 Å². The summed E-state index contributed by atoms with van der Waals surface area (Å²) in [5.41, 5.74) is -0.107. The second-order valence-electron chi connectivity index (χ2n) is 5.89. The van der Waals surface area contributed by atoms with Gasteiger partial charge in [0.1, 0.15) is 0 Å². The van der Waals surface area contributed by atoms with E-state index in [1.165, 1.54) is 19.2 Å². The molecule has 1 aliphatic heterocycles. The second kappa shape index (κ2) is 7.94. The summed E-state index contributed by atoms with van der Waals surface area (Å²) in [5, 5.41) is 3.13. The number of carbonyl (C=O) groups is 2. The number of methoxy groups -OCH3 is 2. The summed E-state index contributed by atoms with van der Waals surface area (Å²) in [5.74, 6) is -1.35. The molecule has 2 unspecified atom stereocenters. The zero-order valence-electron chi connectivity index (χ0n) is 14.4. The van der Waals surface area contributed by atoms with Gasteiger partial charge in [-0.1, -0.05) is 6.92 Å². The van der Waals surface area contributed by atoms with Gasteiger partial charge >= 0.3 is 11.9 Å². The number of sulfonamides is 1. The van der Waals surface area contributed by atoms with Crippen LogP contribution in [-0.4, -0.2) is 53.7 Å². The Morgan fingerprint density at radius 2 is 1.88 bits per heavy atom. The van der Waals surface area contributed by atoms with E-state index >= 15 is 0 Å². The van der Waals surface area contributed by atoms with Gasteiger partial charge in [0.25, 0.3) is 0 Å². The average molecular weight is 370 g/mol. The SMILES string of the molecule is COC(=O)c1ccc(C(=O)OC)c(S(=O)(=O)NC2CNCCC2C)c1. The van der Waals surface area contributed by atoms with Crippen LogP contribution in [-0.2, 0) is 19.5 Å². The first-order valence-electron chi connectivity index (χ1n) is 7.84. The topological polar surface area (TPSA) is 111 Å². The Morgan fingerprint density at radius 3 is 2.48 bits per heavy atom. The van der Waals surface area contributed by atoms with Crippen molar-refractivity contribution in [2.45, 2.75) is 24.3 Å². The predicted molar refractivity (Wildman–Crippen MR) is 89.9 cm³/mol. The molecular formula is C16H22N2O6S. The Balaban J connectivity index is 2.45. The van der Waals surface area contributed by atoms with Gasteiger partial charge in [0, 0.05) is 12.6 Å². The van der Waals surface area contributed by atoms with Gasteiger partial charge in [-0.3, -0.25) is 0 Å². The van der Waals surface area contributed by atoms with Gasteiger partial charge < -0.3 is 14.8 Å². The van der Waals surface area contributed by atoms with Gasteiger partial charge in [-0.2, -0.15) is 0 Å². The van der Waals surface area contributed by atoms with Gasteiger partial charge in [0.15, 0.2) is 0 Å². The van der Waals surface area contributed by atoms with Gasteiger partial charge in [-0.15, -0.1) is 0 Å². The maximum absolute atomic E-state index is 12.9. The normalized spacial score (nSPS) is 20.8. The van der Waals surface area contributed by atoms with Crippen LogP contribution in [0, 0.1) is 5.92 Å². The summed E-state index contributed by atoms with van der Waals surface area (Å²) in [6.07, 6.45) is 0.833. The van der Waals surface area contributed by atoms with Crippen molar-refractivity contribution in [1.29, 1.82) is 0 Å². The summed E-state index contributed by atoms with van der Waals surface area (Å²) in [6.45, 7) is 3.27. The third-order valence-electron chi connectivity index (χ3n) is 4.23. The van der Waals surface area contributed by atoms with E-state index in [1.807, 2.05) is 6.92 Å². The van der Waals surface area contributed by atoms with Crippen LogP contribution in [0.3, 0.4) is 0 Å². The van der Waals surface area contributed by atoms with Crippen molar-refractivity contribution in [3.63, 3.8) is 0 Å². The summed E-state index contributed by atoms with van der Waals surface area (Å²) in [6, 6.07) is 3.38. The standard InChI is InChI=1S/C16H22N2O6S/c1-10-6-7-17-9-13(10)18-25(21,22)14-8-11(15(19)23-2)4-5-12(14)16(20)24-3/h4-5,8,10,13,17-18H,6-7,9H2,1-3H3. The molecule has 0 saturated carbocycles. The minimum Gasteiger partial charge on any atom is -0.465 e. The molecule has 8 nitrogen and oxygen atoms in total. The van der Waals surface area contributed by atoms with Crippen molar-refractivity contribution in [3.05, 3.63) is 29.3 Å². The Morgan fingerprint density at radius 1 is 1.20 bits per heavy atom. The van der Waals surface area contributed by atoms with Crippen LogP contribution in [0.15, 0.2) is 23.1 Å². The molecule has 1 aromatic carbocycles. The minimum absolute atomic E-state index is 0.0327. The summed E-state index contributed by atoms with van der Waals surface area (Å²) < 4.78 is 37.6. The fourth-order valence-corrected chi connectivity index (χ4v) is 4.24. The van der Waals surface area contributed by atoms with E-state index < -0.39 is 22.0 Å². The number of rotatable bonds is 5. The first-order chi connectivity index (χ1) is 11.8. The Labute approximate surface area is 146 Å². The molecule has 0 amide bonds. The fraction of sp³-hybridized carbons (Fsp3) is 0.500. The van der Waals surface area contributed by atoms with E-state index in [0.29, 0.717) is 6.54 Å². The molecule has 1 heterocycles. The summed E-state index contributed by atoms with van der Waals surface area (Å²) >= 11 is 0. The lowest BCUT2D eigenvalue weighted by Gasteiger charge is -2.30. The highest BCUT2D eigenvalue weighted by Crippen LogP contribution is 2.22. The molecule has 2 atom stereocenters. The quantitative estimate of drug-likeness (QED) is 0.728. The van der Waals surface area contributed by atoms with E-state index in [9.17, 15) is 18.0 Å². The van der Waals surface area contributed by atoms with E-state index in [2.05, 4.69) is 19.5 Å². The molecule has 0 spiro atoms. The Hall–Kier alpha value is -1.97. The molecule has 1 aliphatic rings. The Kier molecular flexibility index (Phi) is 6.15. The van der Waals surface area contributed by atoms with Crippen LogP contribution in [0.5, 0.6) is 0 Å². The first-order valence-corrected chi connectivity index (χ1v) is 9.32. The molecule has 2 N–H and O–H groups in total. The highest BCUT2D eigenvalue weighted by molar-refractivity contribution is 7.89. The summed E-state index contributed by atoms with van der Waals surface area (Å²) in [7, 11) is -1.69. The minimum atomic E-state index is -4.04. The smallest absolute Gasteiger partial charge is 0.339 e. The zero-order chi connectivity index (χ0) is 18.6. The number of benzene rings is 1. The molecule has 0 bridgehead atoms. The molecular weight excluding hydrogens is 348 g/mol. The van der Waals surface area contributed by atoms with Crippen LogP contribution >= 0.6 is 0 Å². The van der Waals surface area contributed by atoms with Gasteiger partial charge in [0.2, 0.25) is 10.0 Å². The van der Waals surface area contributed by atoms with E-state index in [-0.39, 0.29) is 28.0 Å². The fourth-order valence-electron chi connectivity index (χ4n) is 2.68. The van der Waals surface area contributed by atoms with Gasteiger partial charge in [-0.25, -0.2) is 22.7 Å². The van der Waals surface area contributed by atoms with E-state index in [1.54, 1.807) is 0 Å². The van der Waals surface area contributed by atoms with Crippen molar-refractivity contribution in [1.82, 2.24) is 10.0 Å². The molecule has 0 aromatic heterocycles. The molecule has 1 fully saturated rings.